The van der Waals surface area contributed by atoms with Gasteiger partial charge in [-0.1, -0.05) is 54.6 Å². The van der Waals surface area contributed by atoms with Crippen LogP contribution in [0.5, 0.6) is 0 Å². The van der Waals surface area contributed by atoms with Gasteiger partial charge in [0.15, 0.2) is 0 Å². The molecule has 2 aromatic carbocycles. The van der Waals surface area contributed by atoms with Crippen LogP contribution in [0.25, 0.3) is 0 Å². The number of amides is 3. The first kappa shape index (κ1) is 23.2. The molecular weight excluding hydrogens is 416 g/mol. The third-order valence-corrected chi connectivity index (χ3v) is 7.01. The predicted octanol–water partition coefficient (Wildman–Crippen LogP) is 3.61. The zero-order chi connectivity index (χ0) is 23.4. The number of ether oxygens (including phenoxy) is 1. The minimum Gasteiger partial charge on any atom is -0.383 e. The van der Waals surface area contributed by atoms with Crippen LogP contribution in [-0.2, 0) is 31.1 Å². The summed E-state index contributed by atoms with van der Waals surface area (Å²) < 4.78 is 5.36. The molecule has 2 saturated heterocycles. The summed E-state index contributed by atoms with van der Waals surface area (Å²) in [4.78, 5) is 43.9. The van der Waals surface area contributed by atoms with Gasteiger partial charge >= 0.3 is 0 Å². The van der Waals surface area contributed by atoms with Crippen molar-refractivity contribution in [1.82, 2.24) is 9.80 Å². The van der Waals surface area contributed by atoms with E-state index in [1.54, 1.807) is 7.11 Å². The predicted molar refractivity (Wildman–Crippen MR) is 125 cm³/mol. The highest BCUT2D eigenvalue weighted by molar-refractivity contribution is 6.10. The van der Waals surface area contributed by atoms with Crippen LogP contribution in [-0.4, -0.2) is 53.8 Å². The van der Waals surface area contributed by atoms with E-state index in [0.29, 0.717) is 13.2 Å². The van der Waals surface area contributed by atoms with E-state index in [0.717, 1.165) is 36.0 Å². The van der Waals surface area contributed by atoms with Crippen molar-refractivity contribution >= 4 is 17.7 Å². The van der Waals surface area contributed by atoms with Crippen molar-refractivity contribution in [3.8, 4) is 0 Å². The number of carbonyl (C=O) groups excluding carboxylic acids is 3. The average molecular weight is 449 g/mol. The van der Waals surface area contributed by atoms with Crippen molar-refractivity contribution < 1.29 is 19.1 Å². The standard InChI is InChI=1S/C27H32N2O4/c1-20-10-6-7-14-23(20)27(16-24(30)28-15-9-8-13-22(28)19-33-2)17-25(31)29(26(27)32)18-21-11-4-3-5-12-21/h3-7,10-12,14,22H,8-9,13,15-19H2,1-2H3/t22-,27-/m1/s1. The van der Waals surface area contributed by atoms with Gasteiger partial charge < -0.3 is 9.64 Å². The Bertz CT molecular complexity index is 1020. The maximum Gasteiger partial charge on any atom is 0.241 e. The molecule has 0 radical (unpaired) electrons. The van der Waals surface area contributed by atoms with Crippen LogP contribution < -0.4 is 0 Å². The average Bonchev–Trinajstić information content (AvgIpc) is 3.05. The molecule has 2 heterocycles. The molecule has 6 nitrogen and oxygen atoms in total. The Balaban J connectivity index is 1.68. The summed E-state index contributed by atoms with van der Waals surface area (Å²) in [7, 11) is 1.65. The second-order valence-electron chi connectivity index (χ2n) is 9.21. The van der Waals surface area contributed by atoms with Crippen molar-refractivity contribution in [2.24, 2.45) is 0 Å². The third-order valence-electron chi connectivity index (χ3n) is 7.01. The molecule has 2 aliphatic heterocycles. The van der Waals surface area contributed by atoms with Crippen LogP contribution in [0.15, 0.2) is 54.6 Å². The number of methoxy groups -OCH3 is 1. The van der Waals surface area contributed by atoms with Crippen LogP contribution >= 0.6 is 0 Å². The molecule has 0 unspecified atom stereocenters. The second-order valence-corrected chi connectivity index (χ2v) is 9.21. The summed E-state index contributed by atoms with van der Waals surface area (Å²) in [6.07, 6.45) is 2.90. The molecule has 2 aliphatic rings. The van der Waals surface area contributed by atoms with Crippen LogP contribution in [0.1, 0.15) is 48.8 Å². The molecule has 0 N–H and O–H groups in total. The van der Waals surface area contributed by atoms with Crippen LogP contribution in [0.3, 0.4) is 0 Å². The zero-order valence-corrected chi connectivity index (χ0v) is 19.5. The molecule has 2 aromatic rings. The van der Waals surface area contributed by atoms with Gasteiger partial charge in [0.25, 0.3) is 0 Å². The second kappa shape index (κ2) is 9.87. The highest BCUT2D eigenvalue weighted by atomic mass is 16.5. The van der Waals surface area contributed by atoms with Crippen molar-refractivity contribution in [3.63, 3.8) is 0 Å². The number of hydrogen-bond acceptors (Lipinski definition) is 4. The van der Waals surface area contributed by atoms with Crippen molar-refractivity contribution in [2.75, 3.05) is 20.3 Å². The smallest absolute Gasteiger partial charge is 0.241 e. The van der Waals surface area contributed by atoms with Gasteiger partial charge in [-0.25, -0.2) is 0 Å². The molecule has 6 heteroatoms. The Morgan fingerprint density at radius 1 is 1.06 bits per heavy atom. The molecule has 174 valence electrons. The molecule has 2 atom stereocenters. The quantitative estimate of drug-likeness (QED) is 0.607. The molecule has 33 heavy (non-hydrogen) atoms. The van der Waals surface area contributed by atoms with Crippen molar-refractivity contribution in [3.05, 3.63) is 71.3 Å². The lowest BCUT2D eigenvalue weighted by Crippen LogP contribution is -2.49. The van der Waals surface area contributed by atoms with E-state index in [4.69, 9.17) is 4.74 Å². The lowest BCUT2D eigenvalue weighted by molar-refractivity contribution is -0.144. The Morgan fingerprint density at radius 3 is 2.52 bits per heavy atom. The number of benzene rings is 2. The summed E-state index contributed by atoms with van der Waals surface area (Å²) in [6, 6.07) is 17.1. The summed E-state index contributed by atoms with van der Waals surface area (Å²) in [5, 5.41) is 0. The molecule has 2 fully saturated rings. The summed E-state index contributed by atoms with van der Waals surface area (Å²) in [6.45, 7) is 3.30. The fourth-order valence-corrected chi connectivity index (χ4v) is 5.33. The van der Waals surface area contributed by atoms with Gasteiger partial charge in [-0.15, -0.1) is 0 Å². The minimum atomic E-state index is -1.18. The lowest BCUT2D eigenvalue weighted by Gasteiger charge is -2.38. The van der Waals surface area contributed by atoms with Gasteiger partial charge in [0.05, 0.1) is 24.6 Å². The molecular formula is C27H32N2O4. The van der Waals surface area contributed by atoms with Crippen LogP contribution in [0.2, 0.25) is 0 Å². The lowest BCUT2D eigenvalue weighted by atomic mass is 9.73. The van der Waals surface area contributed by atoms with Crippen LogP contribution in [0, 0.1) is 6.92 Å². The Labute approximate surface area is 195 Å². The van der Waals surface area contributed by atoms with Crippen LogP contribution in [0.4, 0.5) is 0 Å². The van der Waals surface area contributed by atoms with E-state index >= 15 is 0 Å². The first-order valence-electron chi connectivity index (χ1n) is 11.7. The topological polar surface area (TPSA) is 66.9 Å². The van der Waals surface area contributed by atoms with Gasteiger partial charge in [-0.05, 0) is 42.9 Å². The number of hydrogen-bond donors (Lipinski definition) is 0. The largest absolute Gasteiger partial charge is 0.383 e. The van der Waals surface area contributed by atoms with Gasteiger partial charge in [0.1, 0.15) is 0 Å². The summed E-state index contributed by atoms with van der Waals surface area (Å²) in [5.41, 5.74) is 1.40. The zero-order valence-electron chi connectivity index (χ0n) is 19.5. The van der Waals surface area contributed by atoms with Crippen molar-refractivity contribution in [2.45, 2.75) is 57.0 Å². The molecule has 4 rings (SSSR count). The fraction of sp³-hybridized carbons (Fsp3) is 0.444. The Hall–Kier alpha value is -2.99. The highest BCUT2D eigenvalue weighted by Gasteiger charge is 2.54. The number of imide groups is 1. The van der Waals surface area contributed by atoms with E-state index in [2.05, 4.69) is 0 Å². The molecule has 3 amide bonds. The normalized spacial score (nSPS) is 23.3. The Kier molecular flexibility index (Phi) is 6.94. The number of rotatable bonds is 7. The third kappa shape index (κ3) is 4.58. The van der Waals surface area contributed by atoms with E-state index in [1.807, 2.05) is 66.4 Å². The number of likely N-dealkylation sites (tertiary alicyclic amines) is 2. The van der Waals surface area contributed by atoms with Gasteiger partial charge in [0.2, 0.25) is 17.7 Å². The molecule has 0 aliphatic carbocycles. The molecule has 0 spiro atoms. The van der Waals surface area contributed by atoms with Gasteiger partial charge in [-0.2, -0.15) is 0 Å². The number of piperidine rings is 1. The maximum atomic E-state index is 13.9. The van der Waals surface area contributed by atoms with E-state index in [9.17, 15) is 14.4 Å². The Morgan fingerprint density at radius 2 is 1.79 bits per heavy atom. The van der Waals surface area contributed by atoms with E-state index < -0.39 is 5.41 Å². The summed E-state index contributed by atoms with van der Waals surface area (Å²) in [5.74, 6) is -0.589. The van der Waals surface area contributed by atoms with E-state index in [1.165, 1.54) is 4.90 Å². The highest BCUT2D eigenvalue weighted by Crippen LogP contribution is 2.42. The fourth-order valence-electron chi connectivity index (χ4n) is 5.33. The van der Waals surface area contributed by atoms with Gasteiger partial charge in [-0.3, -0.25) is 19.3 Å². The monoisotopic (exact) mass is 448 g/mol. The number of aryl methyl sites for hydroxylation is 1. The van der Waals surface area contributed by atoms with Crippen molar-refractivity contribution in [1.29, 1.82) is 0 Å². The maximum absolute atomic E-state index is 13.9. The first-order chi connectivity index (χ1) is 16.0. The molecule has 0 bridgehead atoms. The van der Waals surface area contributed by atoms with Gasteiger partial charge in [0, 0.05) is 26.5 Å². The minimum absolute atomic E-state index is 0.00602. The number of nitrogens with zero attached hydrogens (tertiary/aromatic N) is 2. The summed E-state index contributed by atoms with van der Waals surface area (Å²) >= 11 is 0. The SMILES string of the molecule is COC[C@H]1CCCCN1C(=O)C[C@]1(c2ccccc2C)CC(=O)N(Cc2ccccc2)C1=O. The van der Waals surface area contributed by atoms with E-state index in [-0.39, 0.29) is 43.1 Å². The number of carbonyl (C=O) groups is 3. The molecule has 0 saturated carbocycles. The molecule has 0 aromatic heterocycles. The first-order valence-corrected chi connectivity index (χ1v) is 11.7.